The first-order chi connectivity index (χ1) is 17.7. The molecule has 0 aliphatic carbocycles. The lowest BCUT2D eigenvalue weighted by Crippen LogP contribution is -2.35. The lowest BCUT2D eigenvalue weighted by molar-refractivity contribution is 0.0794. The molecule has 0 atom stereocenters. The van der Waals surface area contributed by atoms with Gasteiger partial charge in [0.05, 0.1) is 28.4 Å². The summed E-state index contributed by atoms with van der Waals surface area (Å²) in [4.78, 5) is 27.3. The fourth-order valence-corrected chi connectivity index (χ4v) is 4.63. The Morgan fingerprint density at radius 3 is 2.19 bits per heavy atom. The third-order valence-corrected chi connectivity index (χ3v) is 6.90. The molecular weight excluding hydrogens is 472 g/mol. The van der Waals surface area contributed by atoms with E-state index in [1.807, 2.05) is 37.3 Å². The van der Waals surface area contributed by atoms with Crippen molar-refractivity contribution in [3.8, 4) is 23.0 Å². The molecule has 0 aliphatic rings. The largest absolute Gasteiger partial charge is 0.493 e. The van der Waals surface area contributed by atoms with E-state index in [1.165, 1.54) is 4.57 Å². The number of benzene rings is 3. The molecule has 0 bridgehead atoms. The zero-order valence-electron chi connectivity index (χ0n) is 22.3. The van der Waals surface area contributed by atoms with E-state index < -0.39 is 0 Å². The summed E-state index contributed by atoms with van der Waals surface area (Å²) < 4.78 is 24.0. The number of likely N-dealkylation sites (N-methyl/N-ethyl adjacent to an activating group) is 1. The van der Waals surface area contributed by atoms with E-state index in [0.29, 0.717) is 36.0 Å². The molecule has 0 radical (unpaired) electrons. The Morgan fingerprint density at radius 2 is 1.54 bits per heavy atom. The Kier molecular flexibility index (Phi) is 7.29. The number of carbonyl (C=O) groups excluding carboxylic acids is 1. The smallest absolute Gasteiger partial charge is 0.263 e. The zero-order chi connectivity index (χ0) is 26.9. The second-order valence-electron chi connectivity index (χ2n) is 8.92. The highest BCUT2D eigenvalue weighted by Crippen LogP contribution is 2.44. The minimum Gasteiger partial charge on any atom is -0.493 e. The van der Waals surface area contributed by atoms with Gasteiger partial charge in [-0.3, -0.25) is 9.59 Å². The van der Waals surface area contributed by atoms with Crippen LogP contribution in [0.15, 0.2) is 47.3 Å². The van der Waals surface area contributed by atoms with E-state index in [2.05, 4.69) is 0 Å². The van der Waals surface area contributed by atoms with E-state index in [0.717, 1.165) is 32.8 Å². The molecule has 0 spiro atoms. The molecule has 0 saturated heterocycles. The molecule has 3 aromatic carbocycles. The van der Waals surface area contributed by atoms with E-state index in [4.69, 9.17) is 18.9 Å². The number of nitrogens with zero attached hydrogens (tertiary/aromatic N) is 2. The third-order valence-electron chi connectivity index (χ3n) is 6.90. The van der Waals surface area contributed by atoms with Gasteiger partial charge in [0.25, 0.3) is 11.5 Å². The maximum Gasteiger partial charge on any atom is 0.263 e. The number of pyridine rings is 1. The van der Waals surface area contributed by atoms with E-state index in [-0.39, 0.29) is 17.0 Å². The number of aryl methyl sites for hydroxylation is 1. The van der Waals surface area contributed by atoms with Crippen LogP contribution in [-0.4, -0.2) is 57.4 Å². The average Bonchev–Trinajstić information content (AvgIpc) is 2.92. The standard InChI is InChI=1S/C29H32N2O6/c1-17-8-10-21(29(33)31(17)3)28(32)30(2)13-12-19-15-25(36-6)27(37-7)26-20(19)11-9-18-14-23(34-4)24(35-5)16-22(18)26/h8-11,14-16H,12-13H2,1-7H3. The van der Waals surface area contributed by atoms with Gasteiger partial charge in [-0.1, -0.05) is 12.1 Å². The minimum atomic E-state index is -0.312. The van der Waals surface area contributed by atoms with Crippen LogP contribution in [0.1, 0.15) is 21.6 Å². The van der Waals surface area contributed by atoms with Crippen LogP contribution in [0, 0.1) is 6.92 Å². The lowest BCUT2D eigenvalue weighted by atomic mass is 9.95. The Balaban J connectivity index is 1.78. The molecule has 8 heteroatoms. The van der Waals surface area contributed by atoms with Crippen molar-refractivity contribution >= 4 is 27.5 Å². The van der Waals surface area contributed by atoms with Crippen molar-refractivity contribution in [2.24, 2.45) is 7.05 Å². The summed E-state index contributed by atoms with van der Waals surface area (Å²) in [5.74, 6) is 2.14. The summed E-state index contributed by atoms with van der Waals surface area (Å²) in [5.41, 5.74) is 1.63. The molecule has 37 heavy (non-hydrogen) atoms. The lowest BCUT2D eigenvalue weighted by Gasteiger charge is -2.20. The van der Waals surface area contributed by atoms with Gasteiger partial charge in [-0.15, -0.1) is 0 Å². The third kappa shape index (κ3) is 4.55. The number of rotatable bonds is 8. The summed E-state index contributed by atoms with van der Waals surface area (Å²) in [5, 5.41) is 3.76. The highest BCUT2D eigenvalue weighted by atomic mass is 16.5. The van der Waals surface area contributed by atoms with Crippen LogP contribution in [-0.2, 0) is 13.5 Å². The van der Waals surface area contributed by atoms with Crippen LogP contribution in [0.3, 0.4) is 0 Å². The van der Waals surface area contributed by atoms with Crippen LogP contribution in [0.4, 0.5) is 0 Å². The molecule has 4 rings (SSSR count). The van der Waals surface area contributed by atoms with Crippen LogP contribution < -0.4 is 24.5 Å². The zero-order valence-corrected chi connectivity index (χ0v) is 22.3. The number of fused-ring (bicyclic) bond motifs is 3. The van der Waals surface area contributed by atoms with Crippen molar-refractivity contribution in [3.63, 3.8) is 0 Å². The molecule has 4 aromatic rings. The van der Waals surface area contributed by atoms with Crippen molar-refractivity contribution in [3.05, 3.63) is 69.6 Å². The minimum absolute atomic E-state index is 0.153. The van der Waals surface area contributed by atoms with Crippen molar-refractivity contribution in [2.75, 3.05) is 42.0 Å². The maximum atomic E-state index is 13.1. The molecular formula is C29H32N2O6. The maximum absolute atomic E-state index is 13.1. The van der Waals surface area contributed by atoms with Gasteiger partial charge in [-0.05, 0) is 65.4 Å². The number of ether oxygens (including phenoxy) is 4. The van der Waals surface area contributed by atoms with Crippen molar-refractivity contribution in [1.29, 1.82) is 0 Å². The molecule has 1 amide bonds. The van der Waals surface area contributed by atoms with Gasteiger partial charge in [0, 0.05) is 31.7 Å². The quantitative estimate of drug-likeness (QED) is 0.332. The monoisotopic (exact) mass is 504 g/mol. The second kappa shape index (κ2) is 10.4. The molecule has 8 nitrogen and oxygen atoms in total. The highest BCUT2D eigenvalue weighted by molar-refractivity contribution is 6.13. The molecule has 0 fully saturated rings. The summed E-state index contributed by atoms with van der Waals surface area (Å²) in [6, 6.07) is 13.2. The normalized spacial score (nSPS) is 11.0. The van der Waals surface area contributed by atoms with E-state index >= 15 is 0 Å². The first kappa shape index (κ1) is 25.9. The summed E-state index contributed by atoms with van der Waals surface area (Å²) in [6.45, 7) is 2.24. The Labute approximate surface area is 215 Å². The Hall–Kier alpha value is -4.20. The SMILES string of the molecule is COc1cc2ccc3c(CCN(C)C(=O)c4ccc(C)n(C)c4=O)cc(OC)c(OC)c3c2cc1OC. The molecule has 1 aromatic heterocycles. The number of hydrogen-bond donors (Lipinski definition) is 0. The van der Waals surface area contributed by atoms with Gasteiger partial charge in [0.2, 0.25) is 0 Å². The predicted octanol–water partition coefficient (Wildman–Crippen LogP) is 4.35. The molecule has 0 unspecified atom stereocenters. The van der Waals surface area contributed by atoms with Gasteiger partial charge >= 0.3 is 0 Å². The second-order valence-corrected chi connectivity index (χ2v) is 8.92. The molecule has 194 valence electrons. The highest BCUT2D eigenvalue weighted by Gasteiger charge is 2.20. The summed E-state index contributed by atoms with van der Waals surface area (Å²) >= 11 is 0. The number of carbonyl (C=O) groups is 1. The van der Waals surface area contributed by atoms with Gasteiger partial charge in [-0.2, -0.15) is 0 Å². The number of aromatic nitrogens is 1. The van der Waals surface area contributed by atoms with Crippen LogP contribution >= 0.6 is 0 Å². The first-order valence-corrected chi connectivity index (χ1v) is 11.9. The predicted molar refractivity (Wildman–Crippen MR) is 145 cm³/mol. The number of hydrogen-bond acceptors (Lipinski definition) is 6. The van der Waals surface area contributed by atoms with E-state index in [9.17, 15) is 9.59 Å². The molecule has 0 N–H and O–H groups in total. The van der Waals surface area contributed by atoms with Gasteiger partial charge < -0.3 is 28.4 Å². The fraction of sp³-hybridized carbons (Fsp3) is 0.310. The molecule has 0 saturated carbocycles. The summed E-state index contributed by atoms with van der Waals surface area (Å²) in [7, 11) is 9.80. The number of amides is 1. The topological polar surface area (TPSA) is 79.2 Å². The molecule has 1 heterocycles. The Bertz CT molecular complexity index is 1560. The van der Waals surface area contributed by atoms with Crippen molar-refractivity contribution < 1.29 is 23.7 Å². The number of methoxy groups -OCH3 is 4. The van der Waals surface area contributed by atoms with Crippen LogP contribution in [0.25, 0.3) is 21.5 Å². The van der Waals surface area contributed by atoms with Gasteiger partial charge in [0.1, 0.15) is 5.56 Å². The fourth-order valence-electron chi connectivity index (χ4n) is 4.63. The molecule has 0 aliphatic heterocycles. The first-order valence-electron chi connectivity index (χ1n) is 11.9. The Morgan fingerprint density at radius 1 is 0.865 bits per heavy atom. The van der Waals surface area contributed by atoms with Crippen molar-refractivity contribution in [1.82, 2.24) is 9.47 Å². The summed E-state index contributed by atoms with van der Waals surface area (Å²) in [6.07, 6.45) is 0.546. The van der Waals surface area contributed by atoms with Crippen LogP contribution in [0.2, 0.25) is 0 Å². The van der Waals surface area contributed by atoms with Crippen LogP contribution in [0.5, 0.6) is 23.0 Å². The van der Waals surface area contributed by atoms with Gasteiger partial charge in [-0.25, -0.2) is 0 Å². The average molecular weight is 505 g/mol. The van der Waals surface area contributed by atoms with Crippen molar-refractivity contribution in [2.45, 2.75) is 13.3 Å². The van der Waals surface area contributed by atoms with Gasteiger partial charge in [0.15, 0.2) is 23.0 Å². The van der Waals surface area contributed by atoms with E-state index in [1.54, 1.807) is 59.6 Å².